The molecule has 0 heterocycles. The van der Waals surface area contributed by atoms with Crippen LogP contribution in [0.4, 0.5) is 0 Å². The van der Waals surface area contributed by atoms with Crippen molar-refractivity contribution in [1.82, 2.24) is 0 Å². The van der Waals surface area contributed by atoms with Crippen LogP contribution in [0.5, 0.6) is 0 Å². The van der Waals surface area contributed by atoms with E-state index in [1.54, 1.807) is 0 Å². The molecule has 0 aromatic carbocycles. The van der Waals surface area contributed by atoms with Crippen LogP contribution in [0.15, 0.2) is 0 Å². The highest BCUT2D eigenvalue weighted by Crippen LogP contribution is 2.07. The average Bonchev–Trinajstić information content (AvgIpc) is 2.62. The number of hydrogen-bond acceptors (Lipinski definition) is 9. The predicted molar refractivity (Wildman–Crippen MR) is 102 cm³/mol. The first-order valence-electron chi connectivity index (χ1n) is 9.75. The molecule has 28 heavy (non-hydrogen) atoms. The van der Waals surface area contributed by atoms with Gasteiger partial charge in [-0.3, -0.25) is 4.79 Å². The Morgan fingerprint density at radius 2 is 0.929 bits per heavy atom. The van der Waals surface area contributed by atoms with E-state index in [1.807, 2.05) is 20.8 Å². The first kappa shape index (κ1) is 27.2. The van der Waals surface area contributed by atoms with Crippen molar-refractivity contribution < 1.29 is 43.1 Å². The lowest BCUT2D eigenvalue weighted by Gasteiger charge is -2.19. The zero-order valence-electron chi connectivity index (χ0n) is 17.6. The zero-order chi connectivity index (χ0) is 20.9. The van der Waals surface area contributed by atoms with E-state index in [9.17, 15) is 4.79 Å². The van der Waals surface area contributed by atoms with Gasteiger partial charge in [-0.2, -0.15) is 0 Å². The van der Waals surface area contributed by atoms with Gasteiger partial charge in [0, 0.05) is 0 Å². The van der Waals surface area contributed by atoms with E-state index in [1.165, 1.54) is 0 Å². The summed E-state index contributed by atoms with van der Waals surface area (Å²) < 4.78 is 36.9. The quantitative estimate of drug-likeness (QED) is 0.231. The molecule has 0 aromatic rings. The van der Waals surface area contributed by atoms with Crippen LogP contribution in [0, 0.1) is 0 Å². The number of rotatable bonds is 20. The Balaban J connectivity index is 3.11. The van der Waals surface area contributed by atoms with Crippen molar-refractivity contribution in [3.05, 3.63) is 0 Å². The fourth-order valence-electron chi connectivity index (χ4n) is 1.81. The molecule has 0 aliphatic carbocycles. The molecule has 0 aliphatic heterocycles. The average molecular weight is 411 g/mol. The first-order chi connectivity index (χ1) is 13.5. The highest BCUT2D eigenvalue weighted by atomic mass is 16.6. The molecular weight excluding hydrogens is 372 g/mol. The van der Waals surface area contributed by atoms with Crippen molar-refractivity contribution in [3.63, 3.8) is 0 Å². The van der Waals surface area contributed by atoms with Gasteiger partial charge >= 0.3 is 5.97 Å². The van der Waals surface area contributed by atoms with Gasteiger partial charge in [-0.1, -0.05) is 0 Å². The van der Waals surface area contributed by atoms with Gasteiger partial charge in [-0.05, 0) is 20.8 Å². The van der Waals surface area contributed by atoms with Crippen molar-refractivity contribution in [3.8, 4) is 0 Å². The Morgan fingerprint density at radius 3 is 1.25 bits per heavy atom. The van der Waals surface area contributed by atoms with Crippen LogP contribution in [0.3, 0.4) is 0 Å². The Kier molecular flexibility index (Phi) is 18.9. The van der Waals surface area contributed by atoms with Crippen LogP contribution >= 0.6 is 0 Å². The molecule has 0 atom stereocenters. The van der Waals surface area contributed by atoms with E-state index >= 15 is 0 Å². The molecule has 0 fully saturated rings. The summed E-state index contributed by atoms with van der Waals surface area (Å²) in [4.78, 5) is 11.5. The van der Waals surface area contributed by atoms with E-state index in [0.717, 1.165) is 0 Å². The highest BCUT2D eigenvalue weighted by Gasteiger charge is 2.15. The normalized spacial score (nSPS) is 11.7. The Hall–Kier alpha value is -0.810. The maximum atomic E-state index is 11.5. The summed E-state index contributed by atoms with van der Waals surface area (Å²) in [6.45, 7) is 11.0. The number of carbonyl (C=O) groups excluding carboxylic acids is 1. The first-order valence-corrected chi connectivity index (χ1v) is 9.75. The Morgan fingerprint density at radius 1 is 0.607 bits per heavy atom. The van der Waals surface area contributed by atoms with E-state index < -0.39 is 5.60 Å². The monoisotopic (exact) mass is 410 g/mol. The molecule has 9 nitrogen and oxygen atoms in total. The summed E-state index contributed by atoms with van der Waals surface area (Å²) in [5, 5.41) is 8.52. The van der Waals surface area contributed by atoms with Crippen molar-refractivity contribution in [2.45, 2.75) is 32.8 Å². The number of aliphatic hydroxyl groups is 1. The van der Waals surface area contributed by atoms with Crippen molar-refractivity contribution in [2.24, 2.45) is 0 Å². The Bertz CT molecular complexity index is 345. The number of hydrogen-bond donors (Lipinski definition) is 1. The van der Waals surface area contributed by atoms with Gasteiger partial charge in [0.25, 0.3) is 0 Å². The minimum Gasteiger partial charge on any atom is -0.460 e. The predicted octanol–water partition coefficient (Wildman–Crippen LogP) is 0.810. The molecule has 9 heteroatoms. The third kappa shape index (κ3) is 23.2. The molecule has 0 spiro atoms. The van der Waals surface area contributed by atoms with Crippen LogP contribution < -0.4 is 0 Å². The molecular formula is C19H38O9. The lowest BCUT2D eigenvalue weighted by Crippen LogP contribution is -2.24. The SMILES string of the molecule is CC(C)(C)OC(=O)CCOCCOCCOCCOCCOCCOCCO. The van der Waals surface area contributed by atoms with Gasteiger partial charge in [0.05, 0.1) is 92.3 Å². The molecule has 0 rings (SSSR count). The second kappa shape index (κ2) is 19.5. The van der Waals surface area contributed by atoms with Gasteiger partial charge < -0.3 is 38.3 Å². The van der Waals surface area contributed by atoms with Crippen molar-refractivity contribution in [1.29, 1.82) is 0 Å². The summed E-state index contributed by atoms with van der Waals surface area (Å²) in [6.07, 6.45) is 0.239. The summed E-state index contributed by atoms with van der Waals surface area (Å²) in [5.41, 5.74) is -0.463. The van der Waals surface area contributed by atoms with Gasteiger partial charge in [0.15, 0.2) is 0 Å². The lowest BCUT2D eigenvalue weighted by atomic mass is 10.2. The molecule has 0 saturated heterocycles. The maximum absolute atomic E-state index is 11.5. The summed E-state index contributed by atoms with van der Waals surface area (Å²) in [5.74, 6) is -0.261. The van der Waals surface area contributed by atoms with E-state index in [0.29, 0.717) is 79.3 Å². The van der Waals surface area contributed by atoms with E-state index in [2.05, 4.69) is 0 Å². The number of ether oxygens (including phenoxy) is 7. The maximum Gasteiger partial charge on any atom is 0.308 e. The fraction of sp³-hybridized carbons (Fsp3) is 0.947. The third-order valence-electron chi connectivity index (χ3n) is 2.97. The molecule has 0 amide bonds. The largest absolute Gasteiger partial charge is 0.460 e. The summed E-state index contributed by atoms with van der Waals surface area (Å²) >= 11 is 0. The number of esters is 1. The smallest absolute Gasteiger partial charge is 0.308 e. The fourth-order valence-corrected chi connectivity index (χ4v) is 1.81. The van der Waals surface area contributed by atoms with E-state index in [-0.39, 0.29) is 19.0 Å². The van der Waals surface area contributed by atoms with Crippen molar-refractivity contribution >= 4 is 5.97 Å². The van der Waals surface area contributed by atoms with Crippen LogP contribution in [0.2, 0.25) is 0 Å². The second-order valence-electron chi connectivity index (χ2n) is 6.73. The van der Waals surface area contributed by atoms with Crippen LogP contribution in [0.25, 0.3) is 0 Å². The third-order valence-corrected chi connectivity index (χ3v) is 2.97. The van der Waals surface area contributed by atoms with Crippen molar-refractivity contribution in [2.75, 3.05) is 85.9 Å². The zero-order valence-corrected chi connectivity index (χ0v) is 17.6. The number of aliphatic hydroxyl groups excluding tert-OH is 1. The molecule has 0 aromatic heterocycles. The second-order valence-corrected chi connectivity index (χ2v) is 6.73. The van der Waals surface area contributed by atoms with Gasteiger partial charge in [0.1, 0.15) is 5.60 Å². The summed E-state index contributed by atoms with van der Waals surface area (Å²) in [6, 6.07) is 0. The topological polar surface area (TPSA) is 102 Å². The molecule has 0 bridgehead atoms. The van der Waals surface area contributed by atoms with Crippen LogP contribution in [-0.2, 0) is 38.0 Å². The van der Waals surface area contributed by atoms with Gasteiger partial charge in [-0.15, -0.1) is 0 Å². The molecule has 0 saturated carbocycles. The number of carbonyl (C=O) groups is 1. The minimum atomic E-state index is -0.463. The van der Waals surface area contributed by atoms with Crippen LogP contribution in [0.1, 0.15) is 27.2 Å². The lowest BCUT2D eigenvalue weighted by molar-refractivity contribution is -0.156. The molecule has 0 unspecified atom stereocenters. The van der Waals surface area contributed by atoms with Crippen LogP contribution in [-0.4, -0.2) is 103 Å². The molecule has 168 valence electrons. The van der Waals surface area contributed by atoms with E-state index in [4.69, 9.17) is 38.3 Å². The highest BCUT2D eigenvalue weighted by molar-refractivity contribution is 5.69. The minimum absolute atomic E-state index is 0.0256. The Labute approximate surface area is 168 Å². The molecule has 0 radical (unpaired) electrons. The molecule has 1 N–H and O–H groups in total. The van der Waals surface area contributed by atoms with Gasteiger partial charge in [0.2, 0.25) is 0 Å². The molecule has 0 aliphatic rings. The standard InChI is InChI=1S/C19H38O9/c1-19(2,3)28-18(21)4-6-22-8-10-24-12-14-26-16-17-27-15-13-25-11-9-23-7-5-20/h20H,4-17H2,1-3H3. The summed E-state index contributed by atoms with van der Waals surface area (Å²) in [7, 11) is 0. The van der Waals surface area contributed by atoms with Gasteiger partial charge in [-0.25, -0.2) is 0 Å².